The van der Waals surface area contributed by atoms with Crippen molar-refractivity contribution in [2.45, 2.75) is 39.2 Å². The molecular weight excluding hydrogens is 270 g/mol. The summed E-state index contributed by atoms with van der Waals surface area (Å²) < 4.78 is 5.42. The van der Waals surface area contributed by atoms with Crippen LogP contribution in [0.2, 0.25) is 0 Å². The number of rotatable bonds is 6. The Labute approximate surface area is 124 Å². The van der Waals surface area contributed by atoms with Crippen LogP contribution in [0.5, 0.6) is 5.75 Å². The number of hydrogen-bond acceptors (Lipinski definition) is 3. The zero-order valence-corrected chi connectivity index (χ0v) is 12.4. The van der Waals surface area contributed by atoms with E-state index in [-0.39, 0.29) is 18.2 Å². The molecule has 114 valence electrons. The van der Waals surface area contributed by atoms with Gasteiger partial charge in [0.2, 0.25) is 5.91 Å². The molecule has 1 aromatic carbocycles. The Morgan fingerprint density at radius 2 is 2.19 bits per heavy atom. The number of aliphatic carboxylic acids is 1. The number of benzene rings is 1. The van der Waals surface area contributed by atoms with Crippen molar-refractivity contribution in [3.63, 3.8) is 0 Å². The number of nitrogens with one attached hydrogen (secondary N) is 1. The van der Waals surface area contributed by atoms with Crippen molar-refractivity contribution in [2.75, 3.05) is 6.61 Å². The number of carboxylic acid groups (broad SMARTS) is 1. The summed E-state index contributed by atoms with van der Waals surface area (Å²) in [4.78, 5) is 23.3. The van der Waals surface area contributed by atoms with Gasteiger partial charge in [-0.25, -0.2) is 4.79 Å². The van der Waals surface area contributed by atoms with E-state index in [1.54, 1.807) is 0 Å². The van der Waals surface area contributed by atoms with Crippen molar-refractivity contribution in [1.29, 1.82) is 0 Å². The molecule has 0 fully saturated rings. The van der Waals surface area contributed by atoms with E-state index >= 15 is 0 Å². The van der Waals surface area contributed by atoms with Crippen molar-refractivity contribution in [3.8, 4) is 5.75 Å². The second-order valence-electron chi connectivity index (χ2n) is 5.49. The summed E-state index contributed by atoms with van der Waals surface area (Å²) in [5, 5.41) is 11.8. The fraction of sp³-hybridized carbons (Fsp3) is 0.500. The standard InChI is InChI=1S/C16H21NO4/c1-3-10(2)15(16(19)20)17-14(18)9-11-4-5-13-12(8-11)6-7-21-13/h4-5,8,10,15H,3,6-7,9H2,1-2H3,(H,17,18)(H,19,20). The van der Waals surface area contributed by atoms with Gasteiger partial charge >= 0.3 is 5.97 Å². The summed E-state index contributed by atoms with van der Waals surface area (Å²) in [6.07, 6.45) is 1.75. The molecule has 0 saturated carbocycles. The van der Waals surface area contributed by atoms with E-state index in [2.05, 4.69) is 5.32 Å². The van der Waals surface area contributed by atoms with Gasteiger partial charge in [-0.2, -0.15) is 0 Å². The summed E-state index contributed by atoms with van der Waals surface area (Å²) in [6.45, 7) is 4.42. The smallest absolute Gasteiger partial charge is 0.326 e. The highest BCUT2D eigenvalue weighted by Crippen LogP contribution is 2.26. The molecular formula is C16H21NO4. The van der Waals surface area contributed by atoms with E-state index in [9.17, 15) is 14.7 Å². The zero-order valence-electron chi connectivity index (χ0n) is 12.4. The molecule has 2 atom stereocenters. The van der Waals surface area contributed by atoms with Crippen molar-refractivity contribution < 1.29 is 19.4 Å². The molecule has 0 aliphatic carbocycles. The lowest BCUT2D eigenvalue weighted by atomic mass is 9.98. The molecule has 0 bridgehead atoms. The lowest BCUT2D eigenvalue weighted by Crippen LogP contribution is -2.45. The topological polar surface area (TPSA) is 75.6 Å². The molecule has 0 radical (unpaired) electrons. The first kappa shape index (κ1) is 15.4. The van der Waals surface area contributed by atoms with Gasteiger partial charge in [0.05, 0.1) is 13.0 Å². The summed E-state index contributed by atoms with van der Waals surface area (Å²) in [6, 6.07) is 4.85. The monoisotopic (exact) mass is 291 g/mol. The lowest BCUT2D eigenvalue weighted by molar-refractivity contribution is -0.143. The highest BCUT2D eigenvalue weighted by atomic mass is 16.5. The summed E-state index contributed by atoms with van der Waals surface area (Å²) >= 11 is 0. The normalized spacial score (nSPS) is 15.7. The highest BCUT2D eigenvalue weighted by molar-refractivity contribution is 5.85. The Morgan fingerprint density at radius 1 is 1.43 bits per heavy atom. The second kappa shape index (κ2) is 6.61. The van der Waals surface area contributed by atoms with Gasteiger partial charge in [0.1, 0.15) is 11.8 Å². The SMILES string of the molecule is CCC(C)C(NC(=O)Cc1ccc2c(c1)CCO2)C(=O)O. The third-order valence-electron chi connectivity index (χ3n) is 3.91. The third-order valence-corrected chi connectivity index (χ3v) is 3.91. The molecule has 21 heavy (non-hydrogen) atoms. The minimum Gasteiger partial charge on any atom is -0.493 e. The van der Waals surface area contributed by atoms with Gasteiger partial charge in [0.15, 0.2) is 0 Å². The van der Waals surface area contributed by atoms with Gasteiger partial charge in [-0.3, -0.25) is 4.79 Å². The average Bonchev–Trinajstić information content (AvgIpc) is 2.91. The Bertz CT molecular complexity index is 541. The Morgan fingerprint density at radius 3 is 2.86 bits per heavy atom. The molecule has 1 aliphatic rings. The van der Waals surface area contributed by atoms with E-state index in [1.807, 2.05) is 32.0 Å². The van der Waals surface area contributed by atoms with E-state index in [1.165, 1.54) is 0 Å². The van der Waals surface area contributed by atoms with Crippen molar-refractivity contribution in [1.82, 2.24) is 5.32 Å². The van der Waals surface area contributed by atoms with E-state index in [0.717, 1.165) is 23.3 Å². The molecule has 2 N–H and O–H groups in total. The lowest BCUT2D eigenvalue weighted by Gasteiger charge is -2.20. The summed E-state index contributed by atoms with van der Waals surface area (Å²) in [7, 11) is 0. The van der Waals surface area contributed by atoms with Gasteiger partial charge < -0.3 is 15.2 Å². The van der Waals surface area contributed by atoms with E-state index in [0.29, 0.717) is 13.0 Å². The highest BCUT2D eigenvalue weighted by Gasteiger charge is 2.25. The van der Waals surface area contributed by atoms with Crippen LogP contribution in [-0.2, 0) is 22.4 Å². The first-order chi connectivity index (χ1) is 10.0. The van der Waals surface area contributed by atoms with Crippen LogP contribution >= 0.6 is 0 Å². The number of carbonyl (C=O) groups excluding carboxylic acids is 1. The molecule has 1 aliphatic heterocycles. The van der Waals surface area contributed by atoms with Crippen molar-refractivity contribution in [2.24, 2.45) is 5.92 Å². The van der Waals surface area contributed by atoms with Crippen LogP contribution in [0.4, 0.5) is 0 Å². The first-order valence-corrected chi connectivity index (χ1v) is 7.28. The third kappa shape index (κ3) is 3.74. The number of carboxylic acids is 1. The van der Waals surface area contributed by atoms with E-state index in [4.69, 9.17) is 4.74 Å². The molecule has 0 saturated heterocycles. The summed E-state index contributed by atoms with van der Waals surface area (Å²) in [5.41, 5.74) is 1.99. The molecule has 2 rings (SSSR count). The maximum absolute atomic E-state index is 12.0. The van der Waals surface area contributed by atoms with Gasteiger partial charge in [-0.1, -0.05) is 32.4 Å². The molecule has 2 unspecified atom stereocenters. The predicted molar refractivity (Wildman–Crippen MR) is 78.4 cm³/mol. The molecule has 0 spiro atoms. The second-order valence-corrected chi connectivity index (χ2v) is 5.49. The summed E-state index contributed by atoms with van der Waals surface area (Å²) in [5.74, 6) is -0.469. The van der Waals surface area contributed by atoms with Gasteiger partial charge in [-0.05, 0) is 23.1 Å². The van der Waals surface area contributed by atoms with Crippen LogP contribution in [-0.4, -0.2) is 29.6 Å². The minimum atomic E-state index is -0.986. The Hall–Kier alpha value is -2.04. The number of amides is 1. The molecule has 5 nitrogen and oxygen atoms in total. The number of fused-ring (bicyclic) bond motifs is 1. The molecule has 1 heterocycles. The fourth-order valence-electron chi connectivity index (χ4n) is 2.44. The maximum atomic E-state index is 12.0. The molecule has 5 heteroatoms. The van der Waals surface area contributed by atoms with Crippen LogP contribution in [0.25, 0.3) is 0 Å². The van der Waals surface area contributed by atoms with Crippen molar-refractivity contribution >= 4 is 11.9 Å². The predicted octanol–water partition coefficient (Wildman–Crippen LogP) is 1.78. The Balaban J connectivity index is 1.99. The van der Waals surface area contributed by atoms with Crippen LogP contribution in [0.3, 0.4) is 0 Å². The minimum absolute atomic E-state index is 0.0973. The molecule has 1 amide bonds. The van der Waals surface area contributed by atoms with E-state index < -0.39 is 12.0 Å². The Kier molecular flexibility index (Phi) is 4.83. The maximum Gasteiger partial charge on any atom is 0.326 e. The van der Waals surface area contributed by atoms with Gasteiger partial charge in [0, 0.05) is 6.42 Å². The zero-order chi connectivity index (χ0) is 15.4. The van der Waals surface area contributed by atoms with Crippen molar-refractivity contribution in [3.05, 3.63) is 29.3 Å². The fourth-order valence-corrected chi connectivity index (χ4v) is 2.44. The average molecular weight is 291 g/mol. The molecule has 0 aromatic heterocycles. The van der Waals surface area contributed by atoms with Crippen LogP contribution in [0.1, 0.15) is 31.4 Å². The van der Waals surface area contributed by atoms with Crippen LogP contribution in [0.15, 0.2) is 18.2 Å². The number of hydrogen-bond donors (Lipinski definition) is 2. The molecule has 1 aromatic rings. The van der Waals surface area contributed by atoms with Crippen LogP contribution < -0.4 is 10.1 Å². The van der Waals surface area contributed by atoms with Crippen LogP contribution in [0, 0.1) is 5.92 Å². The van der Waals surface area contributed by atoms with Gasteiger partial charge in [0.25, 0.3) is 0 Å². The van der Waals surface area contributed by atoms with Gasteiger partial charge in [-0.15, -0.1) is 0 Å². The number of ether oxygens (including phenoxy) is 1. The first-order valence-electron chi connectivity index (χ1n) is 7.28. The number of carbonyl (C=O) groups is 2. The largest absolute Gasteiger partial charge is 0.493 e. The quantitative estimate of drug-likeness (QED) is 0.837.